The highest BCUT2D eigenvalue weighted by Gasteiger charge is 2.54. The normalized spacial score (nSPS) is 20.7. The lowest BCUT2D eigenvalue weighted by atomic mass is 9.73. The predicted octanol–water partition coefficient (Wildman–Crippen LogP) is 3.19. The number of nitro groups is 1. The van der Waals surface area contributed by atoms with Gasteiger partial charge in [-0.1, -0.05) is 0 Å². The second-order valence-electron chi connectivity index (χ2n) is 8.92. The zero-order valence-electron chi connectivity index (χ0n) is 15.9. The molecule has 1 aliphatic carbocycles. The highest BCUT2D eigenvalue weighted by molar-refractivity contribution is 5.70. The van der Waals surface area contributed by atoms with Crippen LogP contribution in [-0.4, -0.2) is 53.8 Å². The number of ether oxygens (including phenoxy) is 2. The van der Waals surface area contributed by atoms with E-state index in [-0.39, 0.29) is 28.2 Å². The summed E-state index contributed by atoms with van der Waals surface area (Å²) >= 11 is 0. The van der Waals surface area contributed by atoms with E-state index < -0.39 is 5.60 Å². The molecule has 0 N–H and O–H groups in total. The summed E-state index contributed by atoms with van der Waals surface area (Å²) in [4.78, 5) is 26.9. The molecule has 1 saturated carbocycles. The molecule has 0 aromatic heterocycles. The van der Waals surface area contributed by atoms with Crippen molar-refractivity contribution in [3.05, 3.63) is 28.3 Å². The second-order valence-corrected chi connectivity index (χ2v) is 8.92. The maximum absolute atomic E-state index is 12.1. The molecule has 2 heterocycles. The van der Waals surface area contributed by atoms with Crippen molar-refractivity contribution in [1.82, 2.24) is 4.90 Å². The lowest BCUT2D eigenvalue weighted by Gasteiger charge is -2.60. The minimum atomic E-state index is -0.491. The Hall–Kier alpha value is -2.51. The summed E-state index contributed by atoms with van der Waals surface area (Å²) in [6.07, 6.45) is 1.77. The monoisotopic (exact) mass is 375 g/mol. The Labute approximate surface area is 158 Å². The summed E-state index contributed by atoms with van der Waals surface area (Å²) in [5.74, 6) is 0.348. The number of nitro benzene ring substituents is 1. The third-order valence-corrected chi connectivity index (χ3v) is 5.08. The molecule has 8 heteroatoms. The molecule has 1 amide bonds. The number of hydrogen-bond acceptors (Lipinski definition) is 6. The molecule has 4 rings (SSSR count). The van der Waals surface area contributed by atoms with Gasteiger partial charge >= 0.3 is 11.8 Å². The van der Waals surface area contributed by atoms with E-state index in [4.69, 9.17) is 9.47 Å². The van der Waals surface area contributed by atoms with Gasteiger partial charge in [-0.15, -0.1) is 0 Å². The molecule has 3 fully saturated rings. The minimum Gasteiger partial charge on any atom is -0.483 e. The number of carbonyl (C=O) groups is 1. The quantitative estimate of drug-likeness (QED) is 0.593. The van der Waals surface area contributed by atoms with Crippen LogP contribution in [0.25, 0.3) is 0 Å². The van der Waals surface area contributed by atoms with Gasteiger partial charge < -0.3 is 19.3 Å². The third kappa shape index (κ3) is 3.65. The summed E-state index contributed by atoms with van der Waals surface area (Å²) in [7, 11) is 0. The lowest BCUT2D eigenvalue weighted by Crippen LogP contribution is -2.73. The van der Waals surface area contributed by atoms with Crippen LogP contribution in [0.3, 0.4) is 0 Å². The summed E-state index contributed by atoms with van der Waals surface area (Å²) in [5.41, 5.74) is 0.430. The molecule has 3 aliphatic rings. The van der Waals surface area contributed by atoms with Crippen molar-refractivity contribution in [3.63, 3.8) is 0 Å². The second kappa shape index (κ2) is 6.00. The molecule has 2 saturated heterocycles. The zero-order chi connectivity index (χ0) is 19.4. The van der Waals surface area contributed by atoms with Crippen LogP contribution in [0.4, 0.5) is 16.2 Å². The number of benzene rings is 1. The van der Waals surface area contributed by atoms with Gasteiger partial charge in [-0.2, -0.15) is 0 Å². The van der Waals surface area contributed by atoms with Gasteiger partial charge in [-0.3, -0.25) is 10.1 Å². The van der Waals surface area contributed by atoms with E-state index in [0.717, 1.165) is 31.6 Å². The number of nitrogens with zero attached hydrogens (tertiary/aromatic N) is 3. The Balaban J connectivity index is 1.35. The van der Waals surface area contributed by atoms with Crippen molar-refractivity contribution in [1.29, 1.82) is 0 Å². The first kappa shape index (κ1) is 17.9. The van der Waals surface area contributed by atoms with E-state index >= 15 is 0 Å². The highest BCUT2D eigenvalue weighted by atomic mass is 16.6. The molecule has 1 aromatic rings. The average molecular weight is 375 g/mol. The standard InChI is InChI=1S/C19H25N3O5/c1-18(2,3)27-17(23)21-11-19(12-21)9-20(10-19)13-4-7-16(26-14-5-6-14)15(8-13)22(24)25/h4,7-8,14H,5-6,9-12H2,1-3H3. The fraction of sp³-hybridized carbons (Fsp3) is 0.632. The van der Waals surface area contributed by atoms with Crippen LogP contribution >= 0.6 is 0 Å². The molecular formula is C19H25N3O5. The van der Waals surface area contributed by atoms with Gasteiger partial charge in [0.25, 0.3) is 0 Å². The molecule has 1 spiro atoms. The molecule has 8 nitrogen and oxygen atoms in total. The smallest absolute Gasteiger partial charge is 0.410 e. The number of likely N-dealkylation sites (tertiary alicyclic amines) is 1. The van der Waals surface area contributed by atoms with Crippen LogP contribution in [-0.2, 0) is 4.74 Å². The van der Waals surface area contributed by atoms with Gasteiger partial charge in [0.1, 0.15) is 5.60 Å². The van der Waals surface area contributed by atoms with Crippen LogP contribution in [0.5, 0.6) is 5.75 Å². The fourth-order valence-electron chi connectivity index (χ4n) is 3.68. The number of rotatable bonds is 4. The highest BCUT2D eigenvalue weighted by Crippen LogP contribution is 2.44. The summed E-state index contributed by atoms with van der Waals surface area (Å²) < 4.78 is 11.0. The molecule has 0 atom stereocenters. The Bertz CT molecular complexity index is 770. The average Bonchev–Trinajstić information content (AvgIpc) is 3.27. The van der Waals surface area contributed by atoms with Crippen molar-refractivity contribution >= 4 is 17.5 Å². The van der Waals surface area contributed by atoms with Crippen LogP contribution in [0.15, 0.2) is 18.2 Å². The molecule has 1 aromatic carbocycles. The molecule has 27 heavy (non-hydrogen) atoms. The van der Waals surface area contributed by atoms with Crippen LogP contribution in [0, 0.1) is 15.5 Å². The summed E-state index contributed by atoms with van der Waals surface area (Å²) in [6, 6.07) is 5.17. The van der Waals surface area contributed by atoms with Gasteiger partial charge in [0.15, 0.2) is 5.75 Å². The molecule has 0 radical (unpaired) electrons. The number of carbonyl (C=O) groups excluding carboxylic acids is 1. The van der Waals surface area contributed by atoms with Gasteiger partial charge in [-0.25, -0.2) is 4.79 Å². The first-order chi connectivity index (χ1) is 12.6. The van der Waals surface area contributed by atoms with E-state index in [1.54, 1.807) is 17.0 Å². The van der Waals surface area contributed by atoms with Crippen molar-refractivity contribution in [3.8, 4) is 5.75 Å². The van der Waals surface area contributed by atoms with Crippen molar-refractivity contribution in [2.24, 2.45) is 5.41 Å². The van der Waals surface area contributed by atoms with Crippen molar-refractivity contribution < 1.29 is 19.2 Å². The molecule has 2 aliphatic heterocycles. The maximum Gasteiger partial charge on any atom is 0.410 e. The SMILES string of the molecule is CC(C)(C)OC(=O)N1CC2(C1)CN(c1ccc(OC3CC3)c([N+](=O)[O-])c1)C2. The van der Waals surface area contributed by atoms with E-state index in [9.17, 15) is 14.9 Å². The van der Waals surface area contributed by atoms with E-state index in [2.05, 4.69) is 4.90 Å². The van der Waals surface area contributed by atoms with Gasteiger partial charge in [-0.05, 0) is 45.7 Å². The third-order valence-electron chi connectivity index (χ3n) is 5.08. The number of anilines is 1. The Morgan fingerprint density at radius 3 is 2.44 bits per heavy atom. The number of amides is 1. The lowest BCUT2D eigenvalue weighted by molar-refractivity contribution is -0.385. The van der Waals surface area contributed by atoms with Gasteiger partial charge in [0.2, 0.25) is 0 Å². The number of hydrogen-bond donors (Lipinski definition) is 0. The first-order valence-corrected chi connectivity index (χ1v) is 9.32. The molecule has 0 unspecified atom stereocenters. The van der Waals surface area contributed by atoms with Gasteiger partial charge in [0, 0.05) is 43.3 Å². The fourth-order valence-corrected chi connectivity index (χ4v) is 3.68. The summed E-state index contributed by atoms with van der Waals surface area (Å²) in [5, 5.41) is 11.4. The van der Waals surface area contributed by atoms with Crippen molar-refractivity contribution in [2.45, 2.75) is 45.3 Å². The van der Waals surface area contributed by atoms with E-state index in [0.29, 0.717) is 18.8 Å². The van der Waals surface area contributed by atoms with E-state index in [1.807, 2.05) is 26.8 Å². The maximum atomic E-state index is 12.1. The van der Waals surface area contributed by atoms with Crippen molar-refractivity contribution in [2.75, 3.05) is 31.1 Å². The molecular weight excluding hydrogens is 350 g/mol. The van der Waals surface area contributed by atoms with Crippen LogP contribution in [0.2, 0.25) is 0 Å². The topological polar surface area (TPSA) is 85.2 Å². The van der Waals surface area contributed by atoms with Crippen LogP contribution < -0.4 is 9.64 Å². The largest absolute Gasteiger partial charge is 0.483 e. The molecule has 146 valence electrons. The predicted molar refractivity (Wildman–Crippen MR) is 99.2 cm³/mol. The first-order valence-electron chi connectivity index (χ1n) is 9.32. The Kier molecular flexibility index (Phi) is 3.98. The van der Waals surface area contributed by atoms with Crippen LogP contribution in [0.1, 0.15) is 33.6 Å². The summed E-state index contributed by atoms with van der Waals surface area (Å²) in [6.45, 7) is 8.48. The molecule has 0 bridgehead atoms. The Morgan fingerprint density at radius 2 is 1.89 bits per heavy atom. The van der Waals surface area contributed by atoms with Gasteiger partial charge in [0.05, 0.1) is 11.0 Å². The Morgan fingerprint density at radius 1 is 1.22 bits per heavy atom. The zero-order valence-corrected chi connectivity index (χ0v) is 15.9. The minimum absolute atomic E-state index is 0.0179. The van der Waals surface area contributed by atoms with E-state index in [1.165, 1.54) is 0 Å².